The lowest BCUT2D eigenvalue weighted by atomic mass is 10.2. The van der Waals surface area contributed by atoms with Gasteiger partial charge in [0.25, 0.3) is 0 Å². The van der Waals surface area contributed by atoms with Gasteiger partial charge in [-0.15, -0.1) is 11.3 Å². The molecular weight excluding hydrogens is 365 g/mol. The molecule has 2 N–H and O–H groups in total. The first-order valence-corrected chi connectivity index (χ1v) is 8.89. The number of halogens is 2. The van der Waals surface area contributed by atoms with Crippen LogP contribution in [-0.4, -0.2) is 16.9 Å². The Morgan fingerprint density at radius 1 is 1.21 bits per heavy atom. The van der Waals surface area contributed by atoms with Crippen LogP contribution in [0.1, 0.15) is 11.9 Å². The lowest BCUT2D eigenvalue weighted by molar-refractivity contribution is -0.116. The SMILES string of the molecule is Cc1nc2ccc(N[C@H](C)C(=O)Nc3cc(Cl)ccc3Cl)cc2s1. The van der Waals surface area contributed by atoms with Crippen molar-refractivity contribution >= 4 is 62.0 Å². The highest BCUT2D eigenvalue weighted by Gasteiger charge is 2.15. The van der Waals surface area contributed by atoms with Crippen molar-refractivity contribution in [3.63, 3.8) is 0 Å². The highest BCUT2D eigenvalue weighted by atomic mass is 35.5. The molecule has 24 heavy (non-hydrogen) atoms. The molecule has 1 aromatic heterocycles. The molecule has 3 rings (SSSR count). The zero-order valence-corrected chi connectivity index (χ0v) is 15.4. The van der Waals surface area contributed by atoms with E-state index in [-0.39, 0.29) is 5.91 Å². The minimum Gasteiger partial charge on any atom is -0.374 e. The van der Waals surface area contributed by atoms with Crippen molar-refractivity contribution in [1.29, 1.82) is 0 Å². The van der Waals surface area contributed by atoms with Crippen LogP contribution in [0.5, 0.6) is 0 Å². The Labute approximate surface area is 153 Å². The quantitative estimate of drug-likeness (QED) is 0.642. The van der Waals surface area contributed by atoms with E-state index in [4.69, 9.17) is 23.2 Å². The Balaban J connectivity index is 1.71. The van der Waals surface area contributed by atoms with E-state index in [1.807, 2.05) is 25.1 Å². The van der Waals surface area contributed by atoms with Crippen LogP contribution in [0.2, 0.25) is 10.0 Å². The van der Waals surface area contributed by atoms with Gasteiger partial charge in [0, 0.05) is 10.7 Å². The third kappa shape index (κ3) is 3.80. The first-order valence-electron chi connectivity index (χ1n) is 7.32. The fourth-order valence-corrected chi connectivity index (χ4v) is 3.48. The van der Waals surface area contributed by atoms with Gasteiger partial charge in [-0.25, -0.2) is 4.98 Å². The molecule has 0 aliphatic heterocycles. The molecule has 0 aliphatic carbocycles. The van der Waals surface area contributed by atoms with Crippen molar-refractivity contribution in [3.05, 3.63) is 51.5 Å². The Hall–Kier alpha value is -1.82. The van der Waals surface area contributed by atoms with Crippen molar-refractivity contribution < 1.29 is 4.79 Å². The van der Waals surface area contributed by atoms with Crippen LogP contribution in [0.25, 0.3) is 10.2 Å². The maximum atomic E-state index is 12.4. The Morgan fingerprint density at radius 2 is 2.00 bits per heavy atom. The number of aryl methyl sites for hydroxylation is 1. The lowest BCUT2D eigenvalue weighted by Gasteiger charge is -2.16. The molecule has 3 aromatic rings. The number of anilines is 2. The highest BCUT2D eigenvalue weighted by Crippen LogP contribution is 2.27. The smallest absolute Gasteiger partial charge is 0.246 e. The van der Waals surface area contributed by atoms with Crippen LogP contribution in [0.3, 0.4) is 0 Å². The van der Waals surface area contributed by atoms with Crippen LogP contribution in [0, 0.1) is 6.92 Å². The fourth-order valence-electron chi connectivity index (χ4n) is 2.28. The molecule has 0 bridgehead atoms. The van der Waals surface area contributed by atoms with Crippen LogP contribution in [0.4, 0.5) is 11.4 Å². The number of nitrogens with zero attached hydrogens (tertiary/aromatic N) is 1. The normalized spacial score (nSPS) is 12.2. The number of hydrogen-bond donors (Lipinski definition) is 2. The maximum Gasteiger partial charge on any atom is 0.246 e. The largest absolute Gasteiger partial charge is 0.374 e. The molecule has 1 amide bonds. The lowest BCUT2D eigenvalue weighted by Crippen LogP contribution is -2.31. The molecule has 1 heterocycles. The Bertz CT molecular complexity index is 910. The standard InChI is InChI=1S/C17H15Cl2N3OS/c1-9(17(23)22-15-7-11(18)3-5-13(15)19)20-12-4-6-14-16(8-12)24-10(2)21-14/h3-9,20H,1-2H3,(H,22,23)/t9-/m1/s1. The fraction of sp³-hybridized carbons (Fsp3) is 0.176. The molecule has 1 atom stereocenters. The Kier molecular flexibility index (Phi) is 4.94. The summed E-state index contributed by atoms with van der Waals surface area (Å²) in [5.74, 6) is -0.195. The summed E-state index contributed by atoms with van der Waals surface area (Å²) in [4.78, 5) is 16.8. The molecule has 4 nitrogen and oxygen atoms in total. The van der Waals surface area contributed by atoms with Gasteiger partial charge in [-0.1, -0.05) is 23.2 Å². The number of benzene rings is 2. The van der Waals surface area contributed by atoms with Crippen molar-refractivity contribution in [2.45, 2.75) is 19.9 Å². The second kappa shape index (κ2) is 6.97. The highest BCUT2D eigenvalue weighted by molar-refractivity contribution is 7.18. The van der Waals surface area contributed by atoms with Gasteiger partial charge in [-0.3, -0.25) is 4.79 Å². The van der Waals surface area contributed by atoms with Crippen molar-refractivity contribution in [1.82, 2.24) is 4.98 Å². The minimum absolute atomic E-state index is 0.195. The van der Waals surface area contributed by atoms with E-state index >= 15 is 0 Å². The number of fused-ring (bicyclic) bond motifs is 1. The number of nitrogens with one attached hydrogen (secondary N) is 2. The third-order valence-electron chi connectivity index (χ3n) is 3.46. The summed E-state index contributed by atoms with van der Waals surface area (Å²) in [7, 11) is 0. The van der Waals surface area contributed by atoms with Crippen LogP contribution < -0.4 is 10.6 Å². The first-order chi connectivity index (χ1) is 11.4. The van der Waals surface area contributed by atoms with Crippen molar-refractivity contribution in [2.75, 3.05) is 10.6 Å². The van der Waals surface area contributed by atoms with Crippen molar-refractivity contribution in [3.8, 4) is 0 Å². The number of aromatic nitrogens is 1. The van der Waals surface area contributed by atoms with Gasteiger partial charge < -0.3 is 10.6 Å². The van der Waals surface area contributed by atoms with Gasteiger partial charge in [-0.05, 0) is 50.2 Å². The summed E-state index contributed by atoms with van der Waals surface area (Å²) in [6.45, 7) is 3.76. The number of carbonyl (C=O) groups is 1. The Morgan fingerprint density at radius 3 is 2.79 bits per heavy atom. The van der Waals surface area contributed by atoms with E-state index in [1.54, 1.807) is 36.5 Å². The average molecular weight is 380 g/mol. The van der Waals surface area contributed by atoms with Crippen molar-refractivity contribution in [2.24, 2.45) is 0 Å². The second-order valence-corrected chi connectivity index (χ2v) is 7.47. The zero-order chi connectivity index (χ0) is 17.3. The molecule has 0 saturated heterocycles. The van der Waals surface area contributed by atoms with E-state index < -0.39 is 6.04 Å². The van der Waals surface area contributed by atoms with Gasteiger partial charge in [0.1, 0.15) is 6.04 Å². The second-order valence-electron chi connectivity index (χ2n) is 5.39. The van der Waals surface area contributed by atoms with E-state index in [1.165, 1.54) is 0 Å². The van der Waals surface area contributed by atoms with Crippen LogP contribution in [0.15, 0.2) is 36.4 Å². The zero-order valence-electron chi connectivity index (χ0n) is 13.1. The summed E-state index contributed by atoms with van der Waals surface area (Å²) in [6, 6.07) is 10.4. The average Bonchev–Trinajstić information content (AvgIpc) is 2.90. The van der Waals surface area contributed by atoms with E-state index in [0.29, 0.717) is 15.7 Å². The molecule has 0 radical (unpaired) electrons. The molecule has 7 heteroatoms. The van der Waals surface area contributed by atoms with Gasteiger partial charge >= 0.3 is 0 Å². The van der Waals surface area contributed by atoms with E-state index in [9.17, 15) is 4.79 Å². The van der Waals surface area contributed by atoms with Gasteiger partial charge in [-0.2, -0.15) is 0 Å². The topological polar surface area (TPSA) is 54.0 Å². The molecule has 0 fully saturated rings. The van der Waals surface area contributed by atoms with E-state index in [0.717, 1.165) is 20.9 Å². The minimum atomic E-state index is -0.438. The number of amides is 1. The first kappa shape index (κ1) is 17.0. The van der Waals surface area contributed by atoms with Crippen LogP contribution in [-0.2, 0) is 4.79 Å². The summed E-state index contributed by atoms with van der Waals surface area (Å²) >= 11 is 13.6. The number of carbonyl (C=O) groups excluding carboxylic acids is 1. The van der Waals surface area contributed by atoms with Gasteiger partial charge in [0.05, 0.1) is 25.9 Å². The molecule has 124 valence electrons. The monoisotopic (exact) mass is 379 g/mol. The predicted molar refractivity (Wildman–Crippen MR) is 103 cm³/mol. The summed E-state index contributed by atoms with van der Waals surface area (Å²) < 4.78 is 1.09. The number of hydrogen-bond acceptors (Lipinski definition) is 4. The molecule has 0 unspecified atom stereocenters. The number of thiazole rings is 1. The predicted octanol–water partition coefficient (Wildman–Crippen LogP) is 5.35. The summed E-state index contributed by atoms with van der Waals surface area (Å²) in [5, 5.41) is 7.95. The van der Waals surface area contributed by atoms with Gasteiger partial charge in [0.15, 0.2) is 0 Å². The molecule has 0 spiro atoms. The molecule has 0 saturated carbocycles. The summed E-state index contributed by atoms with van der Waals surface area (Å²) in [5.41, 5.74) is 2.33. The molecular formula is C17H15Cl2N3OS. The third-order valence-corrected chi connectivity index (χ3v) is 4.96. The summed E-state index contributed by atoms with van der Waals surface area (Å²) in [6.07, 6.45) is 0. The number of rotatable bonds is 4. The van der Waals surface area contributed by atoms with Gasteiger partial charge in [0.2, 0.25) is 5.91 Å². The maximum absolute atomic E-state index is 12.4. The molecule has 2 aromatic carbocycles. The van der Waals surface area contributed by atoms with Crippen LogP contribution >= 0.6 is 34.5 Å². The molecule has 0 aliphatic rings. The van der Waals surface area contributed by atoms with E-state index in [2.05, 4.69) is 15.6 Å².